The van der Waals surface area contributed by atoms with Gasteiger partial charge in [0.25, 0.3) is 5.56 Å². The first-order chi connectivity index (χ1) is 18.5. The molecule has 0 radical (unpaired) electrons. The van der Waals surface area contributed by atoms with Crippen LogP contribution >= 0.6 is 11.8 Å². The minimum absolute atomic E-state index is 0.00796. The van der Waals surface area contributed by atoms with Crippen molar-refractivity contribution in [1.82, 2.24) is 14.9 Å². The van der Waals surface area contributed by atoms with Gasteiger partial charge in [-0.15, -0.1) is 0 Å². The molecule has 6 heteroatoms. The number of amides is 1. The van der Waals surface area contributed by atoms with E-state index in [-0.39, 0.29) is 17.5 Å². The van der Waals surface area contributed by atoms with Crippen molar-refractivity contribution < 1.29 is 4.79 Å². The lowest BCUT2D eigenvalue weighted by Gasteiger charge is -2.19. The quantitative estimate of drug-likeness (QED) is 0.139. The minimum Gasteiger partial charge on any atom is -0.349 e. The lowest BCUT2D eigenvalue weighted by Crippen LogP contribution is -2.29. The van der Waals surface area contributed by atoms with Crippen molar-refractivity contribution in [3.8, 4) is 0 Å². The molecule has 5 nitrogen and oxygen atoms in total. The zero-order chi connectivity index (χ0) is 26.7. The Hall–Kier alpha value is -3.64. The highest BCUT2D eigenvalue weighted by molar-refractivity contribution is 7.99. The van der Waals surface area contributed by atoms with Crippen LogP contribution in [0.5, 0.6) is 0 Å². The van der Waals surface area contributed by atoms with Crippen molar-refractivity contribution in [2.75, 3.05) is 5.75 Å². The summed E-state index contributed by atoms with van der Waals surface area (Å²) in [5.41, 5.74) is 4.94. The zero-order valence-electron chi connectivity index (χ0n) is 22.1. The highest BCUT2D eigenvalue weighted by Gasteiger charge is 2.16. The van der Waals surface area contributed by atoms with Gasteiger partial charge in [-0.1, -0.05) is 103 Å². The first-order valence-electron chi connectivity index (χ1n) is 13.1. The van der Waals surface area contributed by atoms with Gasteiger partial charge in [-0.3, -0.25) is 14.2 Å². The summed E-state index contributed by atoms with van der Waals surface area (Å²) in [6, 6.07) is 30.3. The van der Waals surface area contributed by atoms with Gasteiger partial charge in [0.15, 0.2) is 5.16 Å². The van der Waals surface area contributed by atoms with E-state index in [2.05, 4.69) is 29.6 Å². The molecule has 1 aromatic heterocycles. The number of aromatic nitrogens is 2. The number of benzene rings is 3. The van der Waals surface area contributed by atoms with Gasteiger partial charge >= 0.3 is 0 Å². The fourth-order valence-electron chi connectivity index (χ4n) is 4.47. The minimum atomic E-state index is -0.0587. The van der Waals surface area contributed by atoms with Crippen molar-refractivity contribution in [1.29, 1.82) is 0 Å². The van der Waals surface area contributed by atoms with Gasteiger partial charge in [0.1, 0.15) is 0 Å². The summed E-state index contributed by atoms with van der Waals surface area (Å²) in [4.78, 5) is 30.5. The van der Waals surface area contributed by atoms with E-state index >= 15 is 0 Å². The molecule has 1 atom stereocenters. The fourth-order valence-corrected chi connectivity index (χ4v) is 5.48. The van der Waals surface area contributed by atoms with Gasteiger partial charge in [-0.05, 0) is 42.9 Å². The molecule has 0 saturated heterocycles. The molecule has 0 saturated carbocycles. The average Bonchev–Trinajstić information content (AvgIpc) is 2.95. The molecule has 4 rings (SSSR count). The van der Waals surface area contributed by atoms with Crippen LogP contribution in [0, 0.1) is 6.92 Å². The topological polar surface area (TPSA) is 64.0 Å². The standard InChI is InChI=1S/C32H35N3O2S/c1-24-28(22-25-14-6-3-7-15-25)31(37)35(2)32(33-24)38-21-13-12-20-30(36)34-29(27-18-10-5-11-19-27)23-26-16-8-4-9-17-26/h3-11,14-19,29H,12-13,20-23H2,1-2H3,(H,34,36). The lowest BCUT2D eigenvalue weighted by atomic mass is 9.98. The van der Waals surface area contributed by atoms with E-state index in [4.69, 9.17) is 4.98 Å². The Morgan fingerprint density at radius 2 is 1.50 bits per heavy atom. The van der Waals surface area contributed by atoms with Crippen LogP contribution in [0.2, 0.25) is 0 Å². The molecular formula is C32H35N3O2S. The monoisotopic (exact) mass is 525 g/mol. The Kier molecular flexibility index (Phi) is 9.93. The van der Waals surface area contributed by atoms with Crippen LogP contribution < -0.4 is 10.9 Å². The van der Waals surface area contributed by atoms with E-state index in [1.807, 2.05) is 73.7 Å². The van der Waals surface area contributed by atoms with Gasteiger partial charge in [-0.25, -0.2) is 4.98 Å². The van der Waals surface area contributed by atoms with Crippen LogP contribution in [0.3, 0.4) is 0 Å². The maximum atomic E-state index is 13.0. The second-order valence-electron chi connectivity index (χ2n) is 9.51. The molecule has 0 bridgehead atoms. The van der Waals surface area contributed by atoms with E-state index in [9.17, 15) is 9.59 Å². The average molecular weight is 526 g/mol. The SMILES string of the molecule is Cc1nc(SCCCCC(=O)NC(Cc2ccccc2)c2ccccc2)n(C)c(=O)c1Cc1ccccc1. The van der Waals surface area contributed by atoms with E-state index in [0.717, 1.165) is 52.6 Å². The van der Waals surface area contributed by atoms with E-state index in [0.29, 0.717) is 12.8 Å². The summed E-state index contributed by atoms with van der Waals surface area (Å²) in [5, 5.41) is 3.96. The molecule has 3 aromatic carbocycles. The molecular weight excluding hydrogens is 490 g/mol. The van der Waals surface area contributed by atoms with E-state index in [1.54, 1.807) is 23.4 Å². The summed E-state index contributed by atoms with van der Waals surface area (Å²) in [7, 11) is 1.79. The van der Waals surface area contributed by atoms with Crippen LogP contribution in [-0.4, -0.2) is 21.2 Å². The number of carbonyl (C=O) groups excluding carboxylic acids is 1. The molecule has 0 aliphatic carbocycles. The van der Waals surface area contributed by atoms with Crippen LogP contribution in [0.4, 0.5) is 0 Å². The van der Waals surface area contributed by atoms with E-state index in [1.165, 1.54) is 5.56 Å². The number of aryl methyl sites for hydroxylation is 1. The molecule has 1 N–H and O–H groups in total. The van der Waals surface area contributed by atoms with Crippen LogP contribution in [-0.2, 0) is 24.7 Å². The highest BCUT2D eigenvalue weighted by atomic mass is 32.2. The van der Waals surface area contributed by atoms with Gasteiger partial charge in [0, 0.05) is 36.9 Å². The molecule has 1 heterocycles. The Morgan fingerprint density at radius 3 is 2.16 bits per heavy atom. The summed E-state index contributed by atoms with van der Waals surface area (Å²) >= 11 is 1.57. The molecule has 0 aliphatic heterocycles. The number of nitrogens with one attached hydrogen (secondary N) is 1. The number of rotatable bonds is 12. The molecule has 196 valence electrons. The van der Waals surface area contributed by atoms with Gasteiger partial charge in [0.05, 0.1) is 6.04 Å². The second kappa shape index (κ2) is 13.8. The third-order valence-electron chi connectivity index (χ3n) is 6.62. The van der Waals surface area contributed by atoms with Gasteiger partial charge in [-0.2, -0.15) is 0 Å². The number of nitrogens with zero attached hydrogens (tertiary/aromatic N) is 2. The van der Waals surface area contributed by atoms with Crippen LogP contribution in [0.15, 0.2) is 101 Å². The second-order valence-corrected chi connectivity index (χ2v) is 10.6. The van der Waals surface area contributed by atoms with Crippen LogP contribution in [0.1, 0.15) is 53.3 Å². The predicted octanol–water partition coefficient (Wildman–Crippen LogP) is 6.04. The first-order valence-corrected chi connectivity index (χ1v) is 14.1. The van der Waals surface area contributed by atoms with Gasteiger partial charge < -0.3 is 5.32 Å². The Balaban J connectivity index is 1.27. The smallest absolute Gasteiger partial charge is 0.257 e. The highest BCUT2D eigenvalue weighted by Crippen LogP contribution is 2.20. The van der Waals surface area contributed by atoms with Gasteiger partial charge in [0.2, 0.25) is 5.91 Å². The lowest BCUT2D eigenvalue weighted by molar-refractivity contribution is -0.121. The normalized spacial score (nSPS) is 11.7. The molecule has 1 amide bonds. The first kappa shape index (κ1) is 27.4. The molecule has 38 heavy (non-hydrogen) atoms. The largest absolute Gasteiger partial charge is 0.349 e. The summed E-state index contributed by atoms with van der Waals surface area (Å²) in [5.74, 6) is 0.864. The number of hydrogen-bond donors (Lipinski definition) is 1. The molecule has 0 fully saturated rings. The third kappa shape index (κ3) is 7.68. The molecule has 1 unspecified atom stereocenters. The zero-order valence-corrected chi connectivity index (χ0v) is 22.9. The number of carbonyl (C=O) groups is 1. The van der Waals surface area contributed by atoms with Crippen molar-refractivity contribution >= 4 is 17.7 Å². The third-order valence-corrected chi connectivity index (χ3v) is 7.74. The summed E-state index contributed by atoms with van der Waals surface area (Å²) < 4.78 is 1.65. The van der Waals surface area contributed by atoms with Crippen molar-refractivity contribution in [3.05, 3.63) is 129 Å². The maximum Gasteiger partial charge on any atom is 0.257 e. The number of unbranched alkanes of at least 4 members (excludes halogenated alkanes) is 1. The summed E-state index contributed by atoms with van der Waals surface area (Å²) in [6.07, 6.45) is 3.46. The predicted molar refractivity (Wildman–Crippen MR) is 156 cm³/mol. The maximum absolute atomic E-state index is 13.0. The van der Waals surface area contributed by atoms with Crippen molar-refractivity contribution in [2.24, 2.45) is 7.05 Å². The fraction of sp³-hybridized carbons (Fsp3) is 0.281. The molecule has 4 aromatic rings. The number of thioether (sulfide) groups is 1. The molecule has 0 spiro atoms. The van der Waals surface area contributed by atoms with Crippen LogP contribution in [0.25, 0.3) is 0 Å². The molecule has 0 aliphatic rings. The van der Waals surface area contributed by atoms with Crippen molar-refractivity contribution in [2.45, 2.75) is 50.2 Å². The Labute approximate surface area is 229 Å². The number of hydrogen-bond acceptors (Lipinski definition) is 4. The summed E-state index contributed by atoms with van der Waals surface area (Å²) in [6.45, 7) is 1.91. The van der Waals surface area contributed by atoms with E-state index < -0.39 is 0 Å². The Bertz CT molecular complexity index is 1370. The van der Waals surface area contributed by atoms with Crippen molar-refractivity contribution in [3.63, 3.8) is 0 Å². The Morgan fingerprint density at radius 1 is 0.895 bits per heavy atom.